The van der Waals surface area contributed by atoms with E-state index in [2.05, 4.69) is 43.2 Å². The SMILES string of the molecule is COc1ncc(-c2nc(Nc3ccc(CN4CCN(C)CC4)cn3)ncc2Cl)c2c1CCC2. The molecule has 1 N–H and O–H groups in total. The third-order valence-corrected chi connectivity index (χ3v) is 6.65. The van der Waals surface area contributed by atoms with Crippen LogP contribution in [0.25, 0.3) is 11.3 Å². The number of aromatic nitrogens is 4. The van der Waals surface area contributed by atoms with E-state index in [1.54, 1.807) is 19.5 Å². The molecule has 3 aromatic rings. The number of nitrogens with one attached hydrogen (secondary N) is 1. The van der Waals surface area contributed by atoms with Gasteiger partial charge >= 0.3 is 0 Å². The maximum atomic E-state index is 6.50. The van der Waals surface area contributed by atoms with Crippen molar-refractivity contribution in [2.75, 3.05) is 45.7 Å². The van der Waals surface area contributed by atoms with Crippen molar-refractivity contribution in [2.45, 2.75) is 25.8 Å². The van der Waals surface area contributed by atoms with Crippen LogP contribution in [0.2, 0.25) is 5.02 Å². The predicted octanol–water partition coefficient (Wildman–Crippen LogP) is 3.58. The van der Waals surface area contributed by atoms with Gasteiger partial charge < -0.3 is 15.0 Å². The average Bonchev–Trinajstić information content (AvgIpc) is 3.33. The molecule has 33 heavy (non-hydrogen) atoms. The molecule has 0 radical (unpaired) electrons. The van der Waals surface area contributed by atoms with Crippen LogP contribution in [0.1, 0.15) is 23.1 Å². The minimum absolute atomic E-state index is 0.455. The zero-order valence-electron chi connectivity index (χ0n) is 19.0. The number of hydrogen-bond acceptors (Lipinski definition) is 8. The third kappa shape index (κ3) is 4.78. The lowest BCUT2D eigenvalue weighted by Gasteiger charge is -2.32. The molecule has 0 unspecified atom stereocenters. The zero-order valence-corrected chi connectivity index (χ0v) is 19.8. The van der Waals surface area contributed by atoms with E-state index in [9.17, 15) is 0 Å². The quantitative estimate of drug-likeness (QED) is 0.591. The Labute approximate surface area is 199 Å². The van der Waals surface area contributed by atoms with Gasteiger partial charge in [0.1, 0.15) is 5.82 Å². The molecule has 0 spiro atoms. The van der Waals surface area contributed by atoms with Crippen LogP contribution in [0.5, 0.6) is 5.88 Å². The molecule has 172 valence electrons. The maximum absolute atomic E-state index is 6.50. The van der Waals surface area contributed by atoms with Crippen molar-refractivity contribution in [3.8, 4) is 17.1 Å². The first-order valence-corrected chi connectivity index (χ1v) is 11.7. The number of halogens is 1. The predicted molar refractivity (Wildman–Crippen MR) is 129 cm³/mol. The molecule has 0 saturated carbocycles. The molecule has 0 amide bonds. The summed E-state index contributed by atoms with van der Waals surface area (Å²) in [7, 11) is 3.83. The Hall–Kier alpha value is -2.81. The number of pyridine rings is 2. The summed E-state index contributed by atoms with van der Waals surface area (Å²) in [5.41, 5.74) is 5.17. The number of nitrogens with zero attached hydrogens (tertiary/aromatic N) is 6. The van der Waals surface area contributed by atoms with Crippen molar-refractivity contribution in [2.24, 2.45) is 0 Å². The highest BCUT2D eigenvalue weighted by Gasteiger charge is 2.23. The van der Waals surface area contributed by atoms with Crippen LogP contribution in [0.15, 0.2) is 30.7 Å². The van der Waals surface area contributed by atoms with Gasteiger partial charge in [0.25, 0.3) is 0 Å². The topological polar surface area (TPSA) is 79.3 Å². The lowest BCUT2D eigenvalue weighted by molar-refractivity contribution is 0.148. The molecule has 2 aliphatic rings. The molecular weight excluding hydrogens is 438 g/mol. The molecule has 1 aliphatic carbocycles. The standard InChI is InChI=1S/C24H28ClN7O/c1-31-8-10-32(11-9-31)15-16-6-7-21(26-12-16)29-24-28-14-20(25)22(30-24)19-13-27-23(33-2)18-5-3-4-17(18)19/h6-7,12-14H,3-5,8-11,15H2,1-2H3,(H,26,28,29,30). The molecule has 0 atom stereocenters. The highest BCUT2D eigenvalue weighted by atomic mass is 35.5. The summed E-state index contributed by atoms with van der Waals surface area (Å²) < 4.78 is 5.44. The van der Waals surface area contributed by atoms with E-state index in [1.807, 2.05) is 12.3 Å². The van der Waals surface area contributed by atoms with Crippen LogP contribution in [-0.2, 0) is 19.4 Å². The molecule has 4 heterocycles. The normalized spacial score (nSPS) is 16.6. The number of likely N-dealkylation sites (N-methyl/N-ethyl adjacent to an activating group) is 1. The Morgan fingerprint density at radius 2 is 1.82 bits per heavy atom. The smallest absolute Gasteiger partial charge is 0.228 e. The first-order valence-electron chi connectivity index (χ1n) is 11.3. The number of methoxy groups -OCH3 is 1. The van der Waals surface area contributed by atoms with Crippen molar-refractivity contribution in [3.63, 3.8) is 0 Å². The highest BCUT2D eigenvalue weighted by molar-refractivity contribution is 6.33. The van der Waals surface area contributed by atoms with Gasteiger partial charge in [0.2, 0.25) is 11.8 Å². The molecule has 0 bridgehead atoms. The number of rotatable bonds is 6. The van der Waals surface area contributed by atoms with Gasteiger partial charge in [-0.2, -0.15) is 0 Å². The minimum Gasteiger partial charge on any atom is -0.481 e. The monoisotopic (exact) mass is 465 g/mol. The second kappa shape index (κ2) is 9.59. The fraction of sp³-hybridized carbons (Fsp3) is 0.417. The van der Waals surface area contributed by atoms with Crippen LogP contribution in [0, 0.1) is 0 Å². The molecule has 1 saturated heterocycles. The summed E-state index contributed by atoms with van der Waals surface area (Å²) in [4.78, 5) is 22.9. The summed E-state index contributed by atoms with van der Waals surface area (Å²) >= 11 is 6.50. The number of ether oxygens (including phenoxy) is 1. The van der Waals surface area contributed by atoms with Crippen molar-refractivity contribution in [3.05, 3.63) is 52.4 Å². The van der Waals surface area contributed by atoms with E-state index < -0.39 is 0 Å². The Balaban J connectivity index is 1.33. The number of fused-ring (bicyclic) bond motifs is 1. The van der Waals surface area contributed by atoms with Gasteiger partial charge in [0.15, 0.2) is 0 Å². The van der Waals surface area contributed by atoms with Crippen molar-refractivity contribution >= 4 is 23.4 Å². The maximum Gasteiger partial charge on any atom is 0.228 e. The highest BCUT2D eigenvalue weighted by Crippen LogP contribution is 2.38. The van der Waals surface area contributed by atoms with E-state index in [0.717, 1.165) is 63.1 Å². The summed E-state index contributed by atoms with van der Waals surface area (Å²) in [5.74, 6) is 1.84. The fourth-order valence-electron chi connectivity index (χ4n) is 4.52. The number of hydrogen-bond donors (Lipinski definition) is 1. The summed E-state index contributed by atoms with van der Waals surface area (Å²) in [5, 5.41) is 3.71. The van der Waals surface area contributed by atoms with Crippen LogP contribution >= 0.6 is 11.6 Å². The second-order valence-electron chi connectivity index (χ2n) is 8.64. The lowest BCUT2D eigenvalue weighted by atomic mass is 10.0. The van der Waals surface area contributed by atoms with Gasteiger partial charge in [0.05, 0.1) is 24.0 Å². The molecule has 9 heteroatoms. The van der Waals surface area contributed by atoms with Crippen LogP contribution < -0.4 is 10.1 Å². The fourth-order valence-corrected chi connectivity index (χ4v) is 4.72. The molecular formula is C24H28ClN7O. The third-order valence-electron chi connectivity index (χ3n) is 6.37. The van der Waals surface area contributed by atoms with Gasteiger partial charge in [-0.3, -0.25) is 4.90 Å². The van der Waals surface area contributed by atoms with Gasteiger partial charge in [-0.15, -0.1) is 0 Å². The van der Waals surface area contributed by atoms with Crippen molar-refractivity contribution < 1.29 is 4.74 Å². The molecule has 5 rings (SSSR count). The molecule has 1 fully saturated rings. The Morgan fingerprint density at radius 1 is 1.00 bits per heavy atom. The molecule has 8 nitrogen and oxygen atoms in total. The van der Waals surface area contributed by atoms with E-state index in [4.69, 9.17) is 21.3 Å². The Morgan fingerprint density at radius 3 is 2.58 bits per heavy atom. The van der Waals surface area contributed by atoms with Gasteiger partial charge in [0, 0.05) is 56.2 Å². The van der Waals surface area contributed by atoms with Crippen LogP contribution in [0.4, 0.5) is 11.8 Å². The Bertz CT molecular complexity index is 1130. The summed E-state index contributed by atoms with van der Waals surface area (Å²) in [6.07, 6.45) is 8.33. The van der Waals surface area contributed by atoms with Gasteiger partial charge in [-0.05, 0) is 43.5 Å². The van der Waals surface area contributed by atoms with Gasteiger partial charge in [-0.25, -0.2) is 19.9 Å². The first kappa shape index (κ1) is 22.0. The van der Waals surface area contributed by atoms with Crippen LogP contribution in [-0.4, -0.2) is 70.1 Å². The number of anilines is 2. The Kier molecular flexibility index (Phi) is 6.39. The van der Waals surface area contributed by atoms with Crippen LogP contribution in [0.3, 0.4) is 0 Å². The summed E-state index contributed by atoms with van der Waals surface area (Å²) in [6.45, 7) is 5.30. The van der Waals surface area contributed by atoms with E-state index in [0.29, 0.717) is 28.4 Å². The lowest BCUT2D eigenvalue weighted by Crippen LogP contribution is -2.43. The largest absolute Gasteiger partial charge is 0.481 e. The molecule has 1 aliphatic heterocycles. The van der Waals surface area contributed by atoms with Crippen molar-refractivity contribution in [1.82, 2.24) is 29.7 Å². The van der Waals surface area contributed by atoms with E-state index >= 15 is 0 Å². The van der Waals surface area contributed by atoms with E-state index in [-0.39, 0.29) is 0 Å². The average molecular weight is 466 g/mol. The minimum atomic E-state index is 0.455. The summed E-state index contributed by atoms with van der Waals surface area (Å²) in [6, 6.07) is 4.07. The second-order valence-corrected chi connectivity index (χ2v) is 9.05. The van der Waals surface area contributed by atoms with Crippen molar-refractivity contribution in [1.29, 1.82) is 0 Å². The zero-order chi connectivity index (χ0) is 22.8. The molecule has 3 aromatic heterocycles. The molecule has 0 aromatic carbocycles. The first-order chi connectivity index (χ1) is 16.1. The number of piperazine rings is 1. The van der Waals surface area contributed by atoms with Gasteiger partial charge in [-0.1, -0.05) is 17.7 Å². The van der Waals surface area contributed by atoms with E-state index in [1.165, 1.54) is 11.1 Å².